The van der Waals surface area contributed by atoms with Gasteiger partial charge in [-0.3, -0.25) is 4.90 Å². The van der Waals surface area contributed by atoms with Crippen LogP contribution in [0.3, 0.4) is 0 Å². The molecule has 1 fully saturated rings. The number of β-amino-alcohol motifs (C(OH)–C–C–N with tert-alkyl or cyclic N) is 1. The Morgan fingerprint density at radius 1 is 1.03 bits per heavy atom. The van der Waals surface area contributed by atoms with Crippen LogP contribution < -0.4 is 0 Å². The van der Waals surface area contributed by atoms with E-state index in [0.717, 1.165) is 24.1 Å². The van der Waals surface area contributed by atoms with Gasteiger partial charge in [-0.15, -0.1) is 0 Å². The van der Waals surface area contributed by atoms with Gasteiger partial charge in [0, 0.05) is 31.2 Å². The van der Waals surface area contributed by atoms with E-state index in [1.165, 1.54) is 0 Å². The Morgan fingerprint density at radius 2 is 1.71 bits per heavy atom. The first-order valence-electron chi connectivity index (χ1n) is 10.6. The minimum Gasteiger partial charge on any atom is -0.389 e. The number of rotatable bonds is 8. The van der Waals surface area contributed by atoms with Crippen molar-refractivity contribution in [3.05, 3.63) is 64.7 Å². The lowest BCUT2D eigenvalue weighted by molar-refractivity contribution is -0.0151. The summed E-state index contributed by atoms with van der Waals surface area (Å²) >= 11 is 5.92. The number of aliphatic hydroxyl groups excluding tert-OH is 1. The number of benzene rings is 2. The van der Waals surface area contributed by atoms with Crippen LogP contribution in [-0.2, 0) is 14.8 Å². The van der Waals surface area contributed by atoms with Crippen molar-refractivity contribution >= 4 is 21.6 Å². The summed E-state index contributed by atoms with van der Waals surface area (Å²) in [4.78, 5) is 2.43. The molecule has 0 bridgehead atoms. The Balaban J connectivity index is 1.49. The zero-order chi connectivity index (χ0) is 22.4. The molecule has 2 aromatic rings. The van der Waals surface area contributed by atoms with E-state index in [-0.39, 0.29) is 12.7 Å². The lowest BCUT2D eigenvalue weighted by Crippen LogP contribution is -2.39. The zero-order valence-electron chi connectivity index (χ0n) is 18.1. The van der Waals surface area contributed by atoms with Crippen LogP contribution in [0, 0.1) is 6.92 Å². The number of halogens is 1. The molecule has 0 radical (unpaired) electrons. The van der Waals surface area contributed by atoms with Crippen molar-refractivity contribution in [1.82, 2.24) is 9.21 Å². The first-order chi connectivity index (χ1) is 14.8. The number of hydrogen-bond donors (Lipinski definition) is 1. The highest BCUT2D eigenvalue weighted by Gasteiger charge is 2.27. The minimum atomic E-state index is -3.50. The van der Waals surface area contributed by atoms with Crippen LogP contribution >= 0.6 is 11.6 Å². The first kappa shape index (κ1) is 24.2. The lowest BCUT2D eigenvalue weighted by atomic mass is 10.1. The average Bonchev–Trinajstić information content (AvgIpc) is 2.99. The van der Waals surface area contributed by atoms with Gasteiger partial charge in [-0.05, 0) is 56.6 Å². The molecule has 31 heavy (non-hydrogen) atoms. The largest absolute Gasteiger partial charge is 0.389 e. The van der Waals surface area contributed by atoms with Crippen LogP contribution in [-0.4, -0.2) is 68.2 Å². The van der Waals surface area contributed by atoms with Crippen molar-refractivity contribution in [2.24, 2.45) is 0 Å². The lowest BCUT2D eigenvalue weighted by Gasteiger charge is -2.24. The van der Waals surface area contributed by atoms with Crippen LogP contribution in [0.25, 0.3) is 0 Å². The fraction of sp³-hybridized carbons (Fsp3) is 0.478. The smallest absolute Gasteiger partial charge is 0.243 e. The van der Waals surface area contributed by atoms with Crippen LogP contribution in [0.4, 0.5) is 0 Å². The summed E-state index contributed by atoms with van der Waals surface area (Å²) in [5.41, 5.74) is 2.03. The van der Waals surface area contributed by atoms with E-state index in [4.69, 9.17) is 16.3 Å². The minimum absolute atomic E-state index is 0.147. The van der Waals surface area contributed by atoms with E-state index in [1.807, 2.05) is 50.2 Å². The molecule has 0 aromatic heterocycles. The molecule has 2 atom stereocenters. The summed E-state index contributed by atoms with van der Waals surface area (Å²) in [5, 5.41) is 11.1. The number of sulfonamides is 1. The highest BCUT2D eigenvalue weighted by molar-refractivity contribution is 7.89. The first-order valence-corrected chi connectivity index (χ1v) is 12.4. The van der Waals surface area contributed by atoms with Gasteiger partial charge in [0.05, 0.1) is 23.7 Å². The Hall–Kier alpha value is -1.48. The van der Waals surface area contributed by atoms with Gasteiger partial charge in [0.15, 0.2) is 0 Å². The molecule has 1 saturated heterocycles. The van der Waals surface area contributed by atoms with E-state index in [2.05, 4.69) is 4.90 Å². The second-order valence-corrected chi connectivity index (χ2v) is 10.4. The predicted octanol–water partition coefficient (Wildman–Crippen LogP) is 3.48. The van der Waals surface area contributed by atoms with Crippen LogP contribution in [0.1, 0.15) is 30.6 Å². The van der Waals surface area contributed by atoms with Crippen LogP contribution in [0.2, 0.25) is 5.02 Å². The molecule has 1 N–H and O–H groups in total. The monoisotopic (exact) mass is 466 g/mol. The van der Waals surface area contributed by atoms with Crippen molar-refractivity contribution in [1.29, 1.82) is 0 Å². The quantitative estimate of drug-likeness (QED) is 0.645. The summed E-state index contributed by atoms with van der Waals surface area (Å²) in [6.45, 7) is 6.75. The number of ether oxygens (including phenoxy) is 1. The summed E-state index contributed by atoms with van der Waals surface area (Å²) in [7, 11) is -3.50. The number of aliphatic hydroxyl groups is 1. The van der Waals surface area contributed by atoms with Crippen LogP contribution in [0.5, 0.6) is 0 Å². The Morgan fingerprint density at radius 3 is 2.39 bits per heavy atom. The van der Waals surface area contributed by atoms with Crippen molar-refractivity contribution in [3.8, 4) is 0 Å². The fourth-order valence-electron chi connectivity index (χ4n) is 3.67. The molecule has 0 amide bonds. The molecular weight excluding hydrogens is 436 g/mol. The Kier molecular flexibility index (Phi) is 8.50. The second kappa shape index (κ2) is 10.9. The predicted molar refractivity (Wildman–Crippen MR) is 123 cm³/mol. The van der Waals surface area contributed by atoms with Gasteiger partial charge in [-0.1, -0.05) is 41.4 Å². The SMILES string of the molecule is Cc1ccc(S(=O)(=O)N2CCCN(C[C@@H](O)CO[C@H](C)c3ccc(Cl)cc3)CC2)cc1. The van der Waals surface area contributed by atoms with Gasteiger partial charge in [-0.2, -0.15) is 4.31 Å². The highest BCUT2D eigenvalue weighted by Crippen LogP contribution is 2.20. The summed E-state index contributed by atoms with van der Waals surface area (Å²) in [6.07, 6.45) is -0.0685. The molecule has 0 spiro atoms. The van der Waals surface area contributed by atoms with Gasteiger partial charge >= 0.3 is 0 Å². The van der Waals surface area contributed by atoms with Crippen molar-refractivity contribution in [2.75, 3.05) is 39.3 Å². The fourth-order valence-corrected chi connectivity index (χ4v) is 5.26. The third-order valence-corrected chi connectivity index (χ3v) is 7.72. The Labute approximate surface area is 190 Å². The van der Waals surface area contributed by atoms with Crippen molar-refractivity contribution < 1.29 is 18.3 Å². The maximum atomic E-state index is 12.9. The molecule has 170 valence electrons. The average molecular weight is 467 g/mol. The van der Waals surface area contributed by atoms with Gasteiger partial charge in [0.25, 0.3) is 0 Å². The van der Waals surface area contributed by atoms with E-state index < -0.39 is 16.1 Å². The summed E-state index contributed by atoms with van der Waals surface area (Å²) < 4.78 is 33.3. The third kappa shape index (κ3) is 6.75. The van der Waals surface area contributed by atoms with E-state index >= 15 is 0 Å². The molecule has 1 aliphatic rings. The van der Waals surface area contributed by atoms with Gasteiger partial charge in [-0.25, -0.2) is 8.42 Å². The normalized spacial score (nSPS) is 18.5. The third-order valence-electron chi connectivity index (χ3n) is 5.55. The van der Waals surface area contributed by atoms with Crippen LogP contribution in [0.15, 0.2) is 53.4 Å². The van der Waals surface area contributed by atoms with Gasteiger partial charge < -0.3 is 9.84 Å². The second-order valence-electron chi connectivity index (χ2n) is 8.05. The molecule has 0 unspecified atom stereocenters. The molecular formula is C23H31ClN2O4S. The topological polar surface area (TPSA) is 70.1 Å². The van der Waals surface area contributed by atoms with Crippen molar-refractivity contribution in [3.63, 3.8) is 0 Å². The molecule has 2 aromatic carbocycles. The molecule has 8 heteroatoms. The number of hydrogen-bond acceptors (Lipinski definition) is 5. The zero-order valence-corrected chi connectivity index (χ0v) is 19.6. The molecule has 1 aliphatic heterocycles. The molecule has 1 heterocycles. The maximum Gasteiger partial charge on any atom is 0.243 e. The van der Waals surface area contributed by atoms with E-state index in [1.54, 1.807) is 16.4 Å². The number of nitrogens with zero attached hydrogens (tertiary/aromatic N) is 2. The van der Waals surface area contributed by atoms with Gasteiger partial charge in [0.1, 0.15) is 0 Å². The maximum absolute atomic E-state index is 12.9. The highest BCUT2D eigenvalue weighted by atomic mass is 35.5. The molecule has 3 rings (SSSR count). The van der Waals surface area contributed by atoms with E-state index in [9.17, 15) is 13.5 Å². The van der Waals surface area contributed by atoms with Gasteiger partial charge in [0.2, 0.25) is 10.0 Å². The summed E-state index contributed by atoms with van der Waals surface area (Å²) in [6, 6.07) is 14.4. The Bertz CT molecular complexity index is 935. The van der Waals surface area contributed by atoms with E-state index in [0.29, 0.717) is 36.1 Å². The summed E-state index contributed by atoms with van der Waals surface area (Å²) in [5.74, 6) is 0. The molecule has 0 saturated carbocycles. The standard InChI is InChI=1S/C23H31ClN2O4S/c1-18-4-10-23(11-5-18)31(28,29)26-13-3-12-25(14-15-26)16-22(27)17-30-19(2)20-6-8-21(24)9-7-20/h4-11,19,22,27H,3,12-17H2,1-2H3/t19-,22-/m1/s1. The number of aryl methyl sites for hydroxylation is 1. The van der Waals surface area contributed by atoms with Crippen molar-refractivity contribution in [2.45, 2.75) is 37.4 Å². The molecule has 6 nitrogen and oxygen atoms in total. The molecule has 0 aliphatic carbocycles.